The van der Waals surface area contributed by atoms with Gasteiger partial charge in [0.25, 0.3) is 5.91 Å². The van der Waals surface area contributed by atoms with E-state index in [4.69, 9.17) is 8.94 Å². The van der Waals surface area contributed by atoms with Crippen LogP contribution in [0.1, 0.15) is 23.2 Å². The zero-order valence-electron chi connectivity index (χ0n) is 13.7. The van der Waals surface area contributed by atoms with Gasteiger partial charge in [0.2, 0.25) is 5.91 Å². The fraction of sp³-hybridized carbons (Fsp3) is 0.438. The molecule has 8 heteroatoms. The Morgan fingerprint density at radius 2 is 2.04 bits per heavy atom. The highest BCUT2D eigenvalue weighted by Crippen LogP contribution is 2.13. The summed E-state index contributed by atoms with van der Waals surface area (Å²) in [4.78, 5) is 28.3. The van der Waals surface area contributed by atoms with Crippen LogP contribution in [0.4, 0.5) is 5.82 Å². The van der Waals surface area contributed by atoms with E-state index in [1.807, 2.05) is 11.8 Å². The third kappa shape index (κ3) is 3.48. The van der Waals surface area contributed by atoms with Crippen LogP contribution < -0.4 is 5.32 Å². The van der Waals surface area contributed by atoms with Gasteiger partial charge < -0.3 is 19.2 Å². The van der Waals surface area contributed by atoms with Gasteiger partial charge in [0, 0.05) is 32.2 Å². The Morgan fingerprint density at radius 1 is 1.29 bits per heavy atom. The van der Waals surface area contributed by atoms with Crippen molar-refractivity contribution in [2.45, 2.75) is 19.9 Å². The van der Waals surface area contributed by atoms with E-state index in [-0.39, 0.29) is 17.9 Å². The van der Waals surface area contributed by atoms with Crippen LogP contribution in [0.15, 0.2) is 33.4 Å². The molecular weight excluding hydrogens is 312 g/mol. The largest absolute Gasteiger partial charge is 0.459 e. The van der Waals surface area contributed by atoms with E-state index in [2.05, 4.69) is 10.5 Å². The second kappa shape index (κ2) is 6.88. The number of piperazine rings is 1. The van der Waals surface area contributed by atoms with Gasteiger partial charge in [-0.1, -0.05) is 5.16 Å². The number of hydrogen-bond donors (Lipinski definition) is 1. The maximum atomic E-state index is 12.3. The van der Waals surface area contributed by atoms with E-state index in [0.29, 0.717) is 43.5 Å². The number of amides is 2. The molecule has 8 nitrogen and oxygen atoms in total. The first-order valence-electron chi connectivity index (χ1n) is 7.85. The fourth-order valence-corrected chi connectivity index (χ4v) is 2.69. The maximum Gasteiger partial charge on any atom is 0.289 e. The molecule has 0 radical (unpaired) electrons. The minimum absolute atomic E-state index is 0.116. The molecule has 3 heterocycles. The summed E-state index contributed by atoms with van der Waals surface area (Å²) in [5, 5.41) is 6.49. The van der Waals surface area contributed by atoms with E-state index in [1.54, 1.807) is 30.0 Å². The summed E-state index contributed by atoms with van der Waals surface area (Å²) in [6.07, 6.45) is 1.49. The average molecular weight is 332 g/mol. The van der Waals surface area contributed by atoms with Crippen molar-refractivity contribution in [2.75, 3.05) is 31.5 Å². The fourth-order valence-electron chi connectivity index (χ4n) is 2.69. The molecule has 0 saturated carbocycles. The predicted molar refractivity (Wildman–Crippen MR) is 85.5 cm³/mol. The lowest BCUT2D eigenvalue weighted by Crippen LogP contribution is -2.54. The van der Waals surface area contributed by atoms with Crippen molar-refractivity contribution < 1.29 is 18.5 Å². The first-order chi connectivity index (χ1) is 11.5. The molecule has 2 amide bonds. The number of aromatic nitrogens is 1. The number of anilines is 1. The van der Waals surface area contributed by atoms with Gasteiger partial charge in [0.05, 0.1) is 12.3 Å². The zero-order valence-corrected chi connectivity index (χ0v) is 13.7. The molecule has 1 fully saturated rings. The van der Waals surface area contributed by atoms with Crippen molar-refractivity contribution in [1.82, 2.24) is 15.0 Å². The van der Waals surface area contributed by atoms with Crippen LogP contribution in [0.25, 0.3) is 0 Å². The van der Waals surface area contributed by atoms with Crippen LogP contribution in [-0.2, 0) is 4.79 Å². The summed E-state index contributed by atoms with van der Waals surface area (Å²) < 4.78 is 10.1. The van der Waals surface area contributed by atoms with Gasteiger partial charge in [-0.3, -0.25) is 14.5 Å². The monoisotopic (exact) mass is 332 g/mol. The van der Waals surface area contributed by atoms with Crippen molar-refractivity contribution in [3.63, 3.8) is 0 Å². The summed E-state index contributed by atoms with van der Waals surface area (Å²) in [6, 6.07) is 4.71. The summed E-state index contributed by atoms with van der Waals surface area (Å²) >= 11 is 0. The number of carbonyl (C=O) groups excluding carboxylic acids is 2. The predicted octanol–water partition coefficient (Wildman–Crippen LogP) is 1.36. The molecular formula is C16H20N4O4. The van der Waals surface area contributed by atoms with Gasteiger partial charge >= 0.3 is 0 Å². The van der Waals surface area contributed by atoms with Crippen molar-refractivity contribution >= 4 is 17.6 Å². The Bertz CT molecular complexity index is 701. The third-order valence-corrected chi connectivity index (χ3v) is 4.14. The lowest BCUT2D eigenvalue weighted by molar-refractivity contribution is -0.121. The number of furan rings is 1. The maximum absolute atomic E-state index is 12.3. The van der Waals surface area contributed by atoms with Crippen molar-refractivity contribution in [3.8, 4) is 0 Å². The Morgan fingerprint density at radius 3 is 2.62 bits per heavy atom. The molecule has 3 rings (SSSR count). The summed E-state index contributed by atoms with van der Waals surface area (Å²) in [5.74, 6) is 1.14. The molecule has 2 aromatic rings. The molecule has 1 saturated heterocycles. The minimum Gasteiger partial charge on any atom is -0.459 e. The van der Waals surface area contributed by atoms with Gasteiger partial charge in [0.1, 0.15) is 5.76 Å². The summed E-state index contributed by atoms with van der Waals surface area (Å²) in [5.41, 5.74) is 0. The molecule has 1 aliphatic rings. The smallest absolute Gasteiger partial charge is 0.289 e. The number of nitrogens with zero attached hydrogens (tertiary/aromatic N) is 3. The summed E-state index contributed by atoms with van der Waals surface area (Å²) in [6.45, 7) is 5.96. The van der Waals surface area contributed by atoms with Crippen molar-refractivity contribution in [2.24, 2.45) is 0 Å². The molecule has 1 atom stereocenters. The number of nitrogens with one attached hydrogen (secondary N) is 1. The third-order valence-electron chi connectivity index (χ3n) is 4.14. The standard InChI is InChI=1S/C16H20N4O4/c1-11-10-14(18-24-11)17-15(21)12(2)19-5-7-20(8-6-19)16(22)13-4-3-9-23-13/h3-4,9-10,12H,5-8H2,1-2H3,(H,17,18,21)/t12-/m0/s1. The number of aryl methyl sites for hydroxylation is 1. The molecule has 1 N–H and O–H groups in total. The van der Waals surface area contributed by atoms with Crippen molar-refractivity contribution in [1.29, 1.82) is 0 Å². The lowest BCUT2D eigenvalue weighted by Gasteiger charge is -2.36. The SMILES string of the molecule is Cc1cc(NC(=O)[C@H](C)N2CCN(C(=O)c3ccco3)CC2)no1. The molecule has 0 unspecified atom stereocenters. The summed E-state index contributed by atoms with van der Waals surface area (Å²) in [7, 11) is 0. The molecule has 1 aliphatic heterocycles. The second-order valence-corrected chi connectivity index (χ2v) is 5.79. The van der Waals surface area contributed by atoms with E-state index in [9.17, 15) is 9.59 Å². The van der Waals surface area contributed by atoms with Gasteiger partial charge in [-0.15, -0.1) is 0 Å². The second-order valence-electron chi connectivity index (χ2n) is 5.79. The number of hydrogen-bond acceptors (Lipinski definition) is 6. The molecule has 0 bridgehead atoms. The lowest BCUT2D eigenvalue weighted by atomic mass is 10.2. The van der Waals surface area contributed by atoms with Crippen LogP contribution in [0, 0.1) is 6.92 Å². The highest BCUT2D eigenvalue weighted by molar-refractivity contribution is 5.94. The van der Waals surface area contributed by atoms with Gasteiger partial charge in [-0.25, -0.2) is 0 Å². The Hall–Kier alpha value is -2.61. The normalized spacial score (nSPS) is 16.8. The van der Waals surface area contributed by atoms with Crippen molar-refractivity contribution in [3.05, 3.63) is 36.0 Å². The Balaban J connectivity index is 1.52. The first-order valence-corrected chi connectivity index (χ1v) is 7.85. The molecule has 128 valence electrons. The average Bonchev–Trinajstić information content (AvgIpc) is 3.25. The zero-order chi connectivity index (χ0) is 17.1. The number of rotatable bonds is 4. The van der Waals surface area contributed by atoms with Crippen LogP contribution in [-0.4, -0.2) is 59.0 Å². The molecule has 0 spiro atoms. The van der Waals surface area contributed by atoms with Crippen LogP contribution >= 0.6 is 0 Å². The van der Waals surface area contributed by atoms with E-state index in [0.717, 1.165) is 0 Å². The first kappa shape index (κ1) is 16.3. The molecule has 0 aliphatic carbocycles. The Kier molecular flexibility index (Phi) is 4.66. The Labute approximate surface area is 139 Å². The number of carbonyl (C=O) groups is 2. The van der Waals surface area contributed by atoms with E-state index in [1.165, 1.54) is 6.26 Å². The van der Waals surface area contributed by atoms with Crippen LogP contribution in [0.2, 0.25) is 0 Å². The van der Waals surface area contributed by atoms with Gasteiger partial charge in [0.15, 0.2) is 11.6 Å². The van der Waals surface area contributed by atoms with Crippen LogP contribution in [0.3, 0.4) is 0 Å². The minimum atomic E-state index is -0.317. The molecule has 24 heavy (non-hydrogen) atoms. The van der Waals surface area contributed by atoms with Crippen LogP contribution in [0.5, 0.6) is 0 Å². The topological polar surface area (TPSA) is 91.8 Å². The highest BCUT2D eigenvalue weighted by Gasteiger charge is 2.29. The van der Waals surface area contributed by atoms with E-state index < -0.39 is 0 Å². The highest BCUT2D eigenvalue weighted by atomic mass is 16.5. The van der Waals surface area contributed by atoms with E-state index >= 15 is 0 Å². The van der Waals surface area contributed by atoms with Gasteiger partial charge in [-0.2, -0.15) is 0 Å². The quantitative estimate of drug-likeness (QED) is 0.909. The molecule has 0 aromatic carbocycles. The van der Waals surface area contributed by atoms with Gasteiger partial charge in [-0.05, 0) is 26.0 Å². The molecule has 2 aromatic heterocycles.